The van der Waals surface area contributed by atoms with Crippen molar-refractivity contribution in [2.45, 2.75) is 6.92 Å². The summed E-state index contributed by atoms with van der Waals surface area (Å²) in [7, 11) is 0. The molecule has 0 aromatic heterocycles. The number of nitrogens with one attached hydrogen (secondary N) is 1. The Morgan fingerprint density at radius 1 is 1.10 bits per heavy atom. The highest BCUT2D eigenvalue weighted by Gasteiger charge is 2.00. The first-order valence-electron chi connectivity index (χ1n) is 6.52. The maximum atomic E-state index is 10.7. The van der Waals surface area contributed by atoms with Crippen molar-refractivity contribution in [1.29, 1.82) is 0 Å². The van der Waals surface area contributed by atoms with Crippen molar-refractivity contribution < 1.29 is 9.90 Å². The second-order valence-electron chi connectivity index (χ2n) is 4.49. The van der Waals surface area contributed by atoms with Gasteiger partial charge in [0.2, 0.25) is 0 Å². The Balaban J connectivity index is 1.97. The zero-order valence-electron chi connectivity index (χ0n) is 11.7. The second-order valence-corrected chi connectivity index (χ2v) is 4.49. The van der Waals surface area contributed by atoms with E-state index in [9.17, 15) is 4.79 Å². The summed E-state index contributed by atoms with van der Waals surface area (Å²) < 4.78 is 0. The summed E-state index contributed by atoms with van der Waals surface area (Å²) in [6.45, 7) is 1.89. The highest BCUT2D eigenvalue weighted by molar-refractivity contribution is 5.96. The molecule has 0 saturated heterocycles. The monoisotopic (exact) mass is 280 g/mol. The van der Waals surface area contributed by atoms with Gasteiger partial charge in [-0.1, -0.05) is 36.4 Å². The molecule has 0 unspecified atom stereocenters. The number of carboxylic acid groups (broad SMARTS) is 1. The molecule has 0 bridgehead atoms. The predicted molar refractivity (Wildman–Crippen MR) is 85.6 cm³/mol. The molecule has 2 aromatic rings. The van der Waals surface area contributed by atoms with Gasteiger partial charge in [-0.2, -0.15) is 5.10 Å². The Bertz CT molecular complexity index is 659. The predicted octanol–water partition coefficient (Wildman–Crippen LogP) is 3.89. The molecule has 0 amide bonds. The lowest BCUT2D eigenvalue weighted by molar-refractivity contribution is 0.0697. The van der Waals surface area contributed by atoms with Crippen molar-refractivity contribution in [1.82, 2.24) is 0 Å². The average molecular weight is 280 g/mol. The van der Waals surface area contributed by atoms with Crippen LogP contribution in [-0.2, 0) is 0 Å². The molecule has 0 aliphatic heterocycles. The topological polar surface area (TPSA) is 61.7 Å². The van der Waals surface area contributed by atoms with E-state index in [1.54, 1.807) is 12.1 Å². The summed E-state index contributed by atoms with van der Waals surface area (Å²) >= 11 is 0. The van der Waals surface area contributed by atoms with Crippen LogP contribution in [0.15, 0.2) is 65.8 Å². The molecule has 106 valence electrons. The molecule has 0 radical (unpaired) electrons. The van der Waals surface area contributed by atoms with E-state index in [4.69, 9.17) is 5.11 Å². The third-order valence-corrected chi connectivity index (χ3v) is 2.81. The number of hydrazone groups is 1. The zero-order valence-corrected chi connectivity index (χ0v) is 11.7. The van der Waals surface area contributed by atoms with Gasteiger partial charge >= 0.3 is 5.97 Å². The van der Waals surface area contributed by atoms with Gasteiger partial charge in [0.25, 0.3) is 0 Å². The molecular weight excluding hydrogens is 264 g/mol. The number of carbonyl (C=O) groups is 1. The molecule has 0 saturated carbocycles. The minimum Gasteiger partial charge on any atom is -0.478 e. The van der Waals surface area contributed by atoms with E-state index < -0.39 is 5.97 Å². The first kappa shape index (κ1) is 14.5. The van der Waals surface area contributed by atoms with Crippen LogP contribution < -0.4 is 5.43 Å². The first-order chi connectivity index (χ1) is 10.1. The number of hydrogen-bond donors (Lipinski definition) is 2. The average Bonchev–Trinajstić information content (AvgIpc) is 2.52. The third-order valence-electron chi connectivity index (χ3n) is 2.81. The van der Waals surface area contributed by atoms with Gasteiger partial charge in [-0.15, -0.1) is 0 Å². The van der Waals surface area contributed by atoms with Crippen LogP contribution in [0.3, 0.4) is 0 Å². The van der Waals surface area contributed by atoms with E-state index in [-0.39, 0.29) is 5.56 Å². The molecule has 0 spiro atoms. The van der Waals surface area contributed by atoms with Crippen molar-refractivity contribution in [3.05, 3.63) is 71.8 Å². The van der Waals surface area contributed by atoms with Crippen LogP contribution in [0.4, 0.5) is 5.69 Å². The van der Waals surface area contributed by atoms with E-state index in [2.05, 4.69) is 10.5 Å². The van der Waals surface area contributed by atoms with Gasteiger partial charge in [0, 0.05) is 0 Å². The smallest absolute Gasteiger partial charge is 0.335 e. The van der Waals surface area contributed by atoms with Crippen molar-refractivity contribution in [2.75, 3.05) is 5.43 Å². The first-order valence-corrected chi connectivity index (χ1v) is 6.52. The van der Waals surface area contributed by atoms with Gasteiger partial charge in [-0.05, 0) is 42.8 Å². The molecule has 2 aromatic carbocycles. The molecule has 0 aliphatic carbocycles. The Hall–Kier alpha value is -2.88. The van der Waals surface area contributed by atoms with E-state index in [0.29, 0.717) is 0 Å². The van der Waals surface area contributed by atoms with Crippen LogP contribution >= 0.6 is 0 Å². The Morgan fingerprint density at radius 3 is 2.38 bits per heavy atom. The summed E-state index contributed by atoms with van der Waals surface area (Å²) in [4.78, 5) is 10.7. The number of rotatable bonds is 5. The lowest BCUT2D eigenvalue weighted by atomic mass is 10.2. The number of aromatic carboxylic acids is 1. The molecule has 2 rings (SSSR count). The lowest BCUT2D eigenvalue weighted by Gasteiger charge is -2.01. The second kappa shape index (κ2) is 7.05. The summed E-state index contributed by atoms with van der Waals surface area (Å²) in [5.74, 6) is -0.938. The minimum atomic E-state index is -0.938. The normalized spacial score (nSPS) is 11.6. The quantitative estimate of drug-likeness (QED) is 0.645. The highest BCUT2D eigenvalue weighted by Crippen LogP contribution is 2.09. The van der Waals surface area contributed by atoms with Gasteiger partial charge < -0.3 is 5.11 Å². The van der Waals surface area contributed by atoms with Crippen molar-refractivity contribution in [2.24, 2.45) is 5.10 Å². The van der Waals surface area contributed by atoms with Crippen molar-refractivity contribution in [3.63, 3.8) is 0 Å². The molecule has 2 N–H and O–H groups in total. The lowest BCUT2D eigenvalue weighted by Crippen LogP contribution is -1.97. The Morgan fingerprint density at radius 2 is 1.76 bits per heavy atom. The highest BCUT2D eigenvalue weighted by atomic mass is 16.4. The van der Waals surface area contributed by atoms with Crippen molar-refractivity contribution >= 4 is 23.4 Å². The minimum absolute atomic E-state index is 0.255. The van der Waals surface area contributed by atoms with Crippen LogP contribution in [0.2, 0.25) is 0 Å². The molecule has 21 heavy (non-hydrogen) atoms. The molecule has 4 nitrogen and oxygen atoms in total. The van der Waals surface area contributed by atoms with E-state index in [1.807, 2.05) is 49.4 Å². The Labute approximate surface area is 123 Å². The number of carboxylic acids is 1. The number of benzene rings is 2. The van der Waals surface area contributed by atoms with Crippen LogP contribution in [0, 0.1) is 0 Å². The fourth-order valence-corrected chi connectivity index (χ4v) is 1.66. The summed E-state index contributed by atoms with van der Waals surface area (Å²) in [5.41, 5.74) is 5.82. The molecule has 0 atom stereocenters. The largest absolute Gasteiger partial charge is 0.478 e. The maximum Gasteiger partial charge on any atom is 0.335 e. The number of allylic oxidation sites excluding steroid dienone is 1. The summed E-state index contributed by atoms with van der Waals surface area (Å²) in [6, 6.07) is 16.4. The fourth-order valence-electron chi connectivity index (χ4n) is 1.66. The fraction of sp³-hybridized carbons (Fsp3) is 0.0588. The van der Waals surface area contributed by atoms with E-state index >= 15 is 0 Å². The third kappa shape index (κ3) is 4.62. The van der Waals surface area contributed by atoms with Gasteiger partial charge in [0.15, 0.2) is 0 Å². The number of hydrogen-bond acceptors (Lipinski definition) is 3. The molecule has 4 heteroatoms. The molecule has 0 heterocycles. The van der Waals surface area contributed by atoms with Gasteiger partial charge in [0.1, 0.15) is 0 Å². The van der Waals surface area contributed by atoms with Gasteiger partial charge in [-0.25, -0.2) is 4.79 Å². The zero-order chi connectivity index (χ0) is 15.1. The Kier molecular flexibility index (Phi) is 4.88. The molecule has 0 aliphatic rings. The van der Waals surface area contributed by atoms with Crippen LogP contribution in [0.1, 0.15) is 22.8 Å². The number of anilines is 1. The SMILES string of the molecule is CC(/C=C/c1ccccc1)=N/Nc1ccc(C(=O)O)cc1. The number of nitrogens with zero attached hydrogens (tertiary/aromatic N) is 1. The molecular formula is C17H16N2O2. The molecule has 0 fully saturated rings. The van der Waals surface area contributed by atoms with Gasteiger partial charge in [0.05, 0.1) is 17.0 Å². The van der Waals surface area contributed by atoms with Crippen LogP contribution in [0.5, 0.6) is 0 Å². The van der Waals surface area contributed by atoms with Crippen LogP contribution in [0.25, 0.3) is 6.08 Å². The van der Waals surface area contributed by atoms with Crippen molar-refractivity contribution in [3.8, 4) is 0 Å². The van der Waals surface area contributed by atoms with Gasteiger partial charge in [-0.3, -0.25) is 5.43 Å². The standard InChI is InChI=1S/C17H16N2O2/c1-13(7-8-14-5-3-2-4-6-14)18-19-16-11-9-15(10-12-16)17(20)21/h2-12,19H,1H3,(H,20,21)/b8-7+,18-13-. The maximum absolute atomic E-state index is 10.7. The van der Waals surface area contributed by atoms with Crippen LogP contribution in [-0.4, -0.2) is 16.8 Å². The summed E-state index contributed by atoms with van der Waals surface area (Å²) in [5, 5.41) is 13.0. The van der Waals surface area contributed by atoms with E-state index in [0.717, 1.165) is 17.0 Å². The van der Waals surface area contributed by atoms with E-state index in [1.165, 1.54) is 12.1 Å². The summed E-state index contributed by atoms with van der Waals surface area (Å²) in [6.07, 6.45) is 3.89.